The van der Waals surface area contributed by atoms with Crippen LogP contribution < -0.4 is 5.73 Å². The lowest BCUT2D eigenvalue weighted by molar-refractivity contribution is 0.0208. The molecule has 1 saturated heterocycles. The third kappa shape index (κ3) is 5.07. The summed E-state index contributed by atoms with van der Waals surface area (Å²) in [4.78, 5) is 0. The minimum absolute atomic E-state index is 0.0759. The number of nitrogens with zero attached hydrogens (tertiary/aromatic N) is 1. The maximum Gasteiger partial charge on any atom is 0.218 e. The fraction of sp³-hybridized carbons (Fsp3) is 0.600. The van der Waals surface area contributed by atoms with Crippen LogP contribution in [0.25, 0.3) is 0 Å². The van der Waals surface area contributed by atoms with Gasteiger partial charge in [-0.15, -0.1) is 0 Å². The Labute approximate surface area is 127 Å². The summed E-state index contributed by atoms with van der Waals surface area (Å²) >= 11 is 0. The lowest BCUT2D eigenvalue weighted by Gasteiger charge is -2.31. The zero-order chi connectivity index (χ0) is 15.1. The Balaban J connectivity index is 1.83. The van der Waals surface area contributed by atoms with Crippen LogP contribution in [0, 0.1) is 0 Å². The quantitative estimate of drug-likeness (QED) is 0.771. The average Bonchev–Trinajstić information content (AvgIpc) is 2.49. The van der Waals surface area contributed by atoms with Crippen molar-refractivity contribution in [3.8, 4) is 0 Å². The number of hydrogen-bond donors (Lipinski definition) is 1. The molecule has 0 aliphatic carbocycles. The second-order valence-corrected chi connectivity index (χ2v) is 7.32. The van der Waals surface area contributed by atoms with Crippen LogP contribution in [0.4, 0.5) is 0 Å². The first kappa shape index (κ1) is 16.4. The summed E-state index contributed by atoms with van der Waals surface area (Å²) in [7, 11) is -3.23. The number of rotatable bonds is 7. The zero-order valence-electron chi connectivity index (χ0n) is 12.3. The number of hydrogen-bond acceptors (Lipinski definition) is 4. The summed E-state index contributed by atoms with van der Waals surface area (Å²) in [5.74, 6) is 0.0759. The summed E-state index contributed by atoms with van der Waals surface area (Å²) in [5.41, 5.74) is 6.26. The molecule has 1 aromatic carbocycles. The van der Waals surface area contributed by atoms with Crippen LogP contribution in [-0.4, -0.2) is 45.1 Å². The van der Waals surface area contributed by atoms with Gasteiger partial charge in [-0.05, 0) is 31.4 Å². The molecule has 118 valence electrons. The van der Waals surface area contributed by atoms with Crippen LogP contribution >= 0.6 is 0 Å². The maximum atomic E-state index is 12.4. The average molecular weight is 312 g/mol. The van der Waals surface area contributed by atoms with Gasteiger partial charge in [0.1, 0.15) is 0 Å². The van der Waals surface area contributed by atoms with Crippen molar-refractivity contribution in [1.82, 2.24) is 4.31 Å². The molecular weight excluding hydrogens is 288 g/mol. The Bertz CT molecular complexity index is 511. The van der Waals surface area contributed by atoms with Crippen molar-refractivity contribution < 1.29 is 13.2 Å². The van der Waals surface area contributed by atoms with Crippen molar-refractivity contribution in [3.05, 3.63) is 35.9 Å². The highest BCUT2D eigenvalue weighted by molar-refractivity contribution is 7.88. The Hall–Kier alpha value is -0.950. The minimum atomic E-state index is -3.23. The molecule has 0 atom stereocenters. The highest BCUT2D eigenvalue weighted by Gasteiger charge is 2.28. The molecule has 0 radical (unpaired) electrons. The SMILES string of the molecule is NCCCOC1CCN(S(=O)(=O)Cc2ccccc2)CC1. The van der Waals surface area contributed by atoms with E-state index in [-0.39, 0.29) is 11.9 Å². The molecule has 0 saturated carbocycles. The van der Waals surface area contributed by atoms with E-state index in [0.29, 0.717) is 26.2 Å². The Kier molecular flexibility index (Phi) is 6.17. The Morgan fingerprint density at radius 2 is 1.86 bits per heavy atom. The van der Waals surface area contributed by atoms with Gasteiger partial charge in [0.15, 0.2) is 0 Å². The molecule has 1 aliphatic heterocycles. The first-order valence-electron chi connectivity index (χ1n) is 7.45. The van der Waals surface area contributed by atoms with Crippen LogP contribution in [0.2, 0.25) is 0 Å². The van der Waals surface area contributed by atoms with Gasteiger partial charge in [-0.3, -0.25) is 0 Å². The van der Waals surface area contributed by atoms with Crippen LogP contribution in [0.15, 0.2) is 30.3 Å². The molecule has 1 heterocycles. The minimum Gasteiger partial charge on any atom is -0.378 e. The summed E-state index contributed by atoms with van der Waals surface area (Å²) in [5, 5.41) is 0. The molecule has 2 N–H and O–H groups in total. The van der Waals surface area contributed by atoms with E-state index in [1.54, 1.807) is 4.31 Å². The molecule has 0 amide bonds. The smallest absolute Gasteiger partial charge is 0.218 e. The Morgan fingerprint density at radius 1 is 1.19 bits per heavy atom. The molecular formula is C15H24N2O3S. The summed E-state index contributed by atoms with van der Waals surface area (Å²) in [6.07, 6.45) is 2.55. The van der Waals surface area contributed by atoms with Gasteiger partial charge >= 0.3 is 0 Å². The van der Waals surface area contributed by atoms with E-state index in [1.165, 1.54) is 0 Å². The van der Waals surface area contributed by atoms with Gasteiger partial charge in [0.25, 0.3) is 0 Å². The van der Waals surface area contributed by atoms with Gasteiger partial charge in [0, 0.05) is 19.7 Å². The van der Waals surface area contributed by atoms with E-state index < -0.39 is 10.0 Å². The lowest BCUT2D eigenvalue weighted by atomic mass is 10.1. The van der Waals surface area contributed by atoms with Crippen molar-refractivity contribution in [3.63, 3.8) is 0 Å². The van der Waals surface area contributed by atoms with Gasteiger partial charge in [0.05, 0.1) is 11.9 Å². The van der Waals surface area contributed by atoms with Crippen LogP contribution in [-0.2, 0) is 20.5 Å². The molecule has 2 rings (SSSR count). The third-order valence-electron chi connectivity index (χ3n) is 3.69. The predicted octanol–water partition coefficient (Wildman–Crippen LogP) is 1.35. The monoisotopic (exact) mass is 312 g/mol. The molecule has 0 bridgehead atoms. The van der Waals surface area contributed by atoms with Crippen LogP contribution in [0.5, 0.6) is 0 Å². The van der Waals surface area contributed by atoms with E-state index in [4.69, 9.17) is 10.5 Å². The van der Waals surface area contributed by atoms with Gasteiger partial charge in [0.2, 0.25) is 10.0 Å². The molecule has 21 heavy (non-hydrogen) atoms. The third-order valence-corrected chi connectivity index (χ3v) is 5.54. The van der Waals surface area contributed by atoms with Gasteiger partial charge in [-0.1, -0.05) is 30.3 Å². The van der Waals surface area contributed by atoms with Crippen molar-refractivity contribution in [1.29, 1.82) is 0 Å². The number of sulfonamides is 1. The van der Waals surface area contributed by atoms with Crippen LogP contribution in [0.3, 0.4) is 0 Å². The number of nitrogens with two attached hydrogens (primary N) is 1. The van der Waals surface area contributed by atoms with E-state index in [1.807, 2.05) is 30.3 Å². The molecule has 1 fully saturated rings. The van der Waals surface area contributed by atoms with Gasteiger partial charge in [-0.2, -0.15) is 0 Å². The van der Waals surface area contributed by atoms with Gasteiger partial charge < -0.3 is 10.5 Å². The van der Waals surface area contributed by atoms with E-state index in [2.05, 4.69) is 0 Å². The van der Waals surface area contributed by atoms with Crippen LogP contribution in [0.1, 0.15) is 24.8 Å². The summed E-state index contributed by atoms with van der Waals surface area (Å²) in [6.45, 7) is 2.38. The maximum absolute atomic E-state index is 12.4. The first-order chi connectivity index (χ1) is 10.1. The second-order valence-electron chi connectivity index (χ2n) is 5.35. The molecule has 6 heteroatoms. The molecule has 0 unspecified atom stereocenters. The number of piperidine rings is 1. The number of benzene rings is 1. The molecule has 1 aliphatic rings. The van der Waals surface area contributed by atoms with E-state index in [9.17, 15) is 8.42 Å². The first-order valence-corrected chi connectivity index (χ1v) is 9.06. The molecule has 0 aromatic heterocycles. The topological polar surface area (TPSA) is 72.6 Å². The van der Waals surface area contributed by atoms with E-state index in [0.717, 1.165) is 24.8 Å². The lowest BCUT2D eigenvalue weighted by Crippen LogP contribution is -2.41. The fourth-order valence-corrected chi connectivity index (χ4v) is 4.05. The Morgan fingerprint density at radius 3 is 2.48 bits per heavy atom. The summed E-state index contributed by atoms with van der Waals surface area (Å²) in [6, 6.07) is 9.31. The number of ether oxygens (including phenoxy) is 1. The largest absolute Gasteiger partial charge is 0.378 e. The van der Waals surface area contributed by atoms with Crippen molar-refractivity contribution in [2.45, 2.75) is 31.1 Å². The highest BCUT2D eigenvalue weighted by atomic mass is 32.2. The second kappa shape index (κ2) is 7.89. The molecule has 1 aromatic rings. The molecule has 5 nitrogen and oxygen atoms in total. The van der Waals surface area contributed by atoms with E-state index >= 15 is 0 Å². The predicted molar refractivity (Wildman–Crippen MR) is 83.3 cm³/mol. The fourth-order valence-electron chi connectivity index (χ4n) is 2.49. The zero-order valence-corrected chi connectivity index (χ0v) is 13.1. The van der Waals surface area contributed by atoms with Gasteiger partial charge in [-0.25, -0.2) is 12.7 Å². The van der Waals surface area contributed by atoms with Crippen molar-refractivity contribution >= 4 is 10.0 Å². The molecule has 0 spiro atoms. The van der Waals surface area contributed by atoms with Crippen molar-refractivity contribution in [2.75, 3.05) is 26.2 Å². The standard InChI is InChI=1S/C15H24N2O3S/c16-9-4-12-20-15-7-10-17(11-8-15)21(18,19)13-14-5-2-1-3-6-14/h1-3,5-6,15H,4,7-13,16H2. The summed E-state index contributed by atoms with van der Waals surface area (Å²) < 4.78 is 32.1. The highest BCUT2D eigenvalue weighted by Crippen LogP contribution is 2.19. The van der Waals surface area contributed by atoms with Crippen molar-refractivity contribution in [2.24, 2.45) is 5.73 Å². The normalized spacial score (nSPS) is 18.0.